The molecule has 110 valence electrons. The average Bonchev–Trinajstić information content (AvgIpc) is 3.16. The molecule has 1 aliphatic heterocycles. The highest BCUT2D eigenvalue weighted by atomic mass is 16.5. The van der Waals surface area contributed by atoms with Crippen molar-refractivity contribution in [2.75, 3.05) is 30.9 Å². The first-order chi connectivity index (χ1) is 9.85. The van der Waals surface area contributed by atoms with E-state index >= 15 is 0 Å². The van der Waals surface area contributed by atoms with Crippen LogP contribution in [0.4, 0.5) is 11.6 Å². The number of ether oxygens (including phenoxy) is 1. The van der Waals surface area contributed by atoms with Gasteiger partial charge in [-0.25, -0.2) is 9.97 Å². The Balaban J connectivity index is 1.90. The molecule has 0 radical (unpaired) electrons. The number of nitrogens with zero attached hydrogens (tertiary/aromatic N) is 3. The number of nitrogens with one attached hydrogen (secondary N) is 1. The summed E-state index contributed by atoms with van der Waals surface area (Å²) in [7, 11) is 3.57. The van der Waals surface area contributed by atoms with Crippen molar-refractivity contribution in [2.24, 2.45) is 5.92 Å². The number of methoxy groups -OCH3 is 1. The van der Waals surface area contributed by atoms with Crippen molar-refractivity contribution >= 4 is 11.6 Å². The number of hydrogen-bond acceptors (Lipinski definition) is 5. The highest BCUT2D eigenvalue weighted by molar-refractivity contribution is 5.65. The van der Waals surface area contributed by atoms with Crippen LogP contribution < -0.4 is 15.0 Å². The first-order valence-electron chi connectivity index (χ1n) is 7.68. The minimum absolute atomic E-state index is 0.631. The third-order valence-electron chi connectivity index (χ3n) is 4.74. The van der Waals surface area contributed by atoms with E-state index in [0.717, 1.165) is 29.8 Å². The minimum Gasteiger partial charge on any atom is -0.490 e. The lowest BCUT2D eigenvalue weighted by atomic mass is 9.96. The fraction of sp³-hybridized carbons (Fsp3) is 0.733. The molecule has 1 N–H and O–H groups in total. The Morgan fingerprint density at radius 1 is 1.20 bits per heavy atom. The molecule has 1 aromatic heterocycles. The molecule has 20 heavy (non-hydrogen) atoms. The monoisotopic (exact) mass is 276 g/mol. The quantitative estimate of drug-likeness (QED) is 0.916. The first kappa shape index (κ1) is 13.5. The molecular formula is C15H24N4O. The number of aromatic nitrogens is 2. The molecule has 1 saturated carbocycles. The molecule has 1 saturated heterocycles. The van der Waals surface area contributed by atoms with E-state index in [1.54, 1.807) is 13.4 Å². The van der Waals surface area contributed by atoms with E-state index in [0.29, 0.717) is 6.04 Å². The van der Waals surface area contributed by atoms with Gasteiger partial charge in [-0.05, 0) is 31.6 Å². The summed E-state index contributed by atoms with van der Waals surface area (Å²) in [4.78, 5) is 11.2. The van der Waals surface area contributed by atoms with Crippen LogP contribution in [0.3, 0.4) is 0 Å². The molecule has 1 aliphatic carbocycles. The third-order valence-corrected chi connectivity index (χ3v) is 4.74. The minimum atomic E-state index is 0.631. The van der Waals surface area contributed by atoms with E-state index in [9.17, 15) is 0 Å². The summed E-state index contributed by atoms with van der Waals surface area (Å²) >= 11 is 0. The van der Waals surface area contributed by atoms with E-state index in [1.807, 2.05) is 7.05 Å². The topological polar surface area (TPSA) is 50.3 Å². The van der Waals surface area contributed by atoms with Crippen LogP contribution in [0.25, 0.3) is 0 Å². The molecule has 3 rings (SSSR count). The molecule has 0 aromatic carbocycles. The summed E-state index contributed by atoms with van der Waals surface area (Å²) in [5.41, 5.74) is 0. The van der Waals surface area contributed by atoms with Gasteiger partial charge in [0, 0.05) is 19.6 Å². The summed E-state index contributed by atoms with van der Waals surface area (Å²) in [6, 6.07) is 0.631. The van der Waals surface area contributed by atoms with Crippen molar-refractivity contribution in [1.82, 2.24) is 9.97 Å². The van der Waals surface area contributed by atoms with Crippen LogP contribution in [0.2, 0.25) is 0 Å². The van der Waals surface area contributed by atoms with Crippen molar-refractivity contribution < 1.29 is 4.74 Å². The molecule has 0 spiro atoms. The lowest BCUT2D eigenvalue weighted by Gasteiger charge is -2.31. The van der Waals surface area contributed by atoms with Gasteiger partial charge < -0.3 is 15.0 Å². The maximum absolute atomic E-state index is 5.56. The van der Waals surface area contributed by atoms with Crippen molar-refractivity contribution in [2.45, 2.75) is 44.6 Å². The zero-order chi connectivity index (χ0) is 13.9. The Hall–Kier alpha value is -1.52. The molecule has 2 aliphatic rings. The predicted octanol–water partition coefficient (Wildman–Crippen LogP) is 2.69. The summed E-state index contributed by atoms with van der Waals surface area (Å²) in [5, 5.41) is 3.09. The molecule has 2 fully saturated rings. The van der Waals surface area contributed by atoms with Crippen LogP contribution in [0, 0.1) is 5.92 Å². The van der Waals surface area contributed by atoms with E-state index in [4.69, 9.17) is 4.74 Å². The maximum atomic E-state index is 5.56. The van der Waals surface area contributed by atoms with Crippen LogP contribution in [0.5, 0.6) is 5.75 Å². The van der Waals surface area contributed by atoms with Gasteiger partial charge in [0.1, 0.15) is 6.33 Å². The normalized spacial score (nSPS) is 23.3. The van der Waals surface area contributed by atoms with Gasteiger partial charge in [0.15, 0.2) is 11.6 Å². The molecule has 2 heterocycles. The van der Waals surface area contributed by atoms with Gasteiger partial charge in [-0.1, -0.05) is 12.8 Å². The van der Waals surface area contributed by atoms with Crippen molar-refractivity contribution in [3.63, 3.8) is 0 Å². The van der Waals surface area contributed by atoms with Crippen LogP contribution in [0.1, 0.15) is 38.5 Å². The SMILES string of the molecule is CNc1ncnc(N2CCCC2C2CCCC2)c1OC. The summed E-state index contributed by atoms with van der Waals surface area (Å²) < 4.78 is 5.56. The Kier molecular flexibility index (Phi) is 3.94. The smallest absolute Gasteiger partial charge is 0.204 e. The summed E-state index contributed by atoms with van der Waals surface area (Å²) in [6.45, 7) is 1.08. The molecular weight excluding hydrogens is 252 g/mol. The van der Waals surface area contributed by atoms with Crippen molar-refractivity contribution in [1.29, 1.82) is 0 Å². The lowest BCUT2D eigenvalue weighted by Crippen LogP contribution is -2.35. The zero-order valence-corrected chi connectivity index (χ0v) is 12.4. The average molecular weight is 276 g/mol. The van der Waals surface area contributed by atoms with Crippen LogP contribution in [-0.2, 0) is 0 Å². The van der Waals surface area contributed by atoms with Gasteiger partial charge in [0.2, 0.25) is 5.75 Å². The van der Waals surface area contributed by atoms with Gasteiger partial charge in [0.25, 0.3) is 0 Å². The fourth-order valence-electron chi connectivity index (χ4n) is 3.82. The van der Waals surface area contributed by atoms with Gasteiger partial charge in [-0.3, -0.25) is 0 Å². The van der Waals surface area contributed by atoms with Crippen LogP contribution in [0.15, 0.2) is 6.33 Å². The van der Waals surface area contributed by atoms with E-state index < -0.39 is 0 Å². The Labute approximate surface area is 120 Å². The fourth-order valence-corrected chi connectivity index (χ4v) is 3.82. The highest BCUT2D eigenvalue weighted by Crippen LogP contribution is 2.41. The Bertz CT molecular complexity index is 459. The molecule has 0 bridgehead atoms. The second-order valence-corrected chi connectivity index (χ2v) is 5.78. The highest BCUT2D eigenvalue weighted by Gasteiger charge is 2.35. The molecule has 0 amide bonds. The Morgan fingerprint density at radius 2 is 2.00 bits per heavy atom. The van der Waals surface area contributed by atoms with E-state index in [-0.39, 0.29) is 0 Å². The standard InChI is InChI=1S/C15H24N4O/c1-16-14-13(20-2)15(18-10-17-14)19-9-5-8-12(19)11-6-3-4-7-11/h10-12H,3-9H2,1-2H3,(H,16,17,18). The largest absolute Gasteiger partial charge is 0.490 e. The maximum Gasteiger partial charge on any atom is 0.204 e. The van der Waals surface area contributed by atoms with Crippen molar-refractivity contribution in [3.8, 4) is 5.75 Å². The van der Waals surface area contributed by atoms with E-state index in [1.165, 1.54) is 38.5 Å². The number of anilines is 2. The van der Waals surface area contributed by atoms with Gasteiger partial charge in [-0.15, -0.1) is 0 Å². The predicted molar refractivity (Wildman–Crippen MR) is 80.5 cm³/mol. The molecule has 1 unspecified atom stereocenters. The molecule has 5 nitrogen and oxygen atoms in total. The molecule has 5 heteroatoms. The summed E-state index contributed by atoms with van der Waals surface area (Å²) in [5.74, 6) is 3.34. The van der Waals surface area contributed by atoms with Gasteiger partial charge >= 0.3 is 0 Å². The molecule has 1 atom stereocenters. The molecule has 1 aromatic rings. The van der Waals surface area contributed by atoms with Crippen molar-refractivity contribution in [3.05, 3.63) is 6.33 Å². The number of hydrogen-bond donors (Lipinski definition) is 1. The lowest BCUT2D eigenvalue weighted by molar-refractivity contribution is 0.400. The van der Waals surface area contributed by atoms with E-state index in [2.05, 4.69) is 20.2 Å². The Morgan fingerprint density at radius 3 is 2.70 bits per heavy atom. The number of rotatable bonds is 4. The first-order valence-corrected chi connectivity index (χ1v) is 7.68. The van der Waals surface area contributed by atoms with Crippen LogP contribution >= 0.6 is 0 Å². The van der Waals surface area contributed by atoms with Crippen LogP contribution in [-0.4, -0.2) is 36.7 Å². The second-order valence-electron chi connectivity index (χ2n) is 5.78. The van der Waals surface area contributed by atoms with Gasteiger partial charge in [0.05, 0.1) is 7.11 Å². The zero-order valence-electron chi connectivity index (χ0n) is 12.4. The van der Waals surface area contributed by atoms with Gasteiger partial charge in [-0.2, -0.15) is 0 Å². The second kappa shape index (κ2) is 5.85. The third kappa shape index (κ3) is 2.30. The summed E-state index contributed by atoms with van der Waals surface area (Å²) in [6.07, 6.45) is 9.68.